The molecule has 1 aliphatic heterocycles. The topological polar surface area (TPSA) is 0 Å². The Bertz CT molecular complexity index is 110. The van der Waals surface area contributed by atoms with E-state index < -0.39 is 8.80 Å². The van der Waals surface area contributed by atoms with Gasteiger partial charge in [0.2, 0.25) is 0 Å². The van der Waals surface area contributed by atoms with Crippen LogP contribution in [-0.2, 0) is 0 Å². The Kier molecular flexibility index (Phi) is 5.33. The molecule has 0 N–H and O–H groups in total. The van der Waals surface area contributed by atoms with E-state index in [1.54, 1.807) is 0 Å². The molecule has 0 saturated carbocycles. The van der Waals surface area contributed by atoms with Gasteiger partial charge in [0.15, 0.2) is 0 Å². The van der Waals surface area contributed by atoms with Gasteiger partial charge in [-0.1, -0.05) is 51.1 Å². The first-order chi connectivity index (χ1) is 5.84. The van der Waals surface area contributed by atoms with Crippen LogP contribution in [-0.4, -0.2) is 13.8 Å². The van der Waals surface area contributed by atoms with Crippen molar-refractivity contribution in [1.29, 1.82) is 0 Å². The van der Waals surface area contributed by atoms with Gasteiger partial charge in [0, 0.05) is 5.00 Å². The second-order valence-electron chi connectivity index (χ2n) is 4.06. The summed E-state index contributed by atoms with van der Waals surface area (Å²) in [6, 6.07) is 3.05. The van der Waals surface area contributed by atoms with E-state index in [9.17, 15) is 0 Å². The van der Waals surface area contributed by atoms with E-state index in [-0.39, 0.29) is 0 Å². The molecule has 0 radical (unpaired) electrons. The molecule has 0 aliphatic carbocycles. The van der Waals surface area contributed by atoms with Crippen LogP contribution in [0.1, 0.15) is 45.4 Å². The summed E-state index contributed by atoms with van der Waals surface area (Å²) in [6.45, 7) is 2.26. The van der Waals surface area contributed by atoms with E-state index in [1.165, 1.54) is 50.6 Å². The smallest absolute Gasteiger partial charge is 0.0580 e. The quantitative estimate of drug-likeness (QED) is 0.484. The van der Waals surface area contributed by atoms with E-state index in [1.807, 2.05) is 0 Å². The summed E-state index contributed by atoms with van der Waals surface area (Å²) in [7, 11) is -0.486. The van der Waals surface area contributed by atoms with Crippen molar-refractivity contribution in [1.82, 2.24) is 0 Å². The molecule has 1 heterocycles. The SMILES string of the molecule is CCCCC(Cl)[SiH]1CCCCC1. The van der Waals surface area contributed by atoms with Crippen molar-refractivity contribution in [3.05, 3.63) is 0 Å². The number of hydrogen-bond acceptors (Lipinski definition) is 0. The fourth-order valence-corrected chi connectivity index (χ4v) is 6.39. The summed E-state index contributed by atoms with van der Waals surface area (Å²) in [6.07, 6.45) is 8.39. The number of hydrogen-bond donors (Lipinski definition) is 0. The average Bonchev–Trinajstić information content (AvgIpc) is 2.15. The number of unbranched alkanes of at least 4 members (excludes halogenated alkanes) is 1. The first kappa shape index (κ1) is 10.6. The molecule has 1 fully saturated rings. The highest BCUT2D eigenvalue weighted by Crippen LogP contribution is 2.25. The van der Waals surface area contributed by atoms with Crippen molar-refractivity contribution < 1.29 is 0 Å². The normalized spacial score (nSPS) is 22.5. The maximum absolute atomic E-state index is 6.40. The molecule has 1 aliphatic rings. The van der Waals surface area contributed by atoms with Crippen molar-refractivity contribution in [2.45, 2.75) is 62.5 Å². The lowest BCUT2D eigenvalue weighted by Crippen LogP contribution is -2.28. The number of halogens is 1. The minimum absolute atomic E-state index is 0.486. The van der Waals surface area contributed by atoms with E-state index in [2.05, 4.69) is 6.92 Å². The van der Waals surface area contributed by atoms with Gasteiger partial charge >= 0.3 is 0 Å². The van der Waals surface area contributed by atoms with Gasteiger partial charge in [-0.05, 0) is 6.42 Å². The fourth-order valence-electron chi connectivity index (χ4n) is 2.13. The third-order valence-corrected chi connectivity index (χ3v) is 7.94. The molecule has 0 spiro atoms. The van der Waals surface area contributed by atoms with E-state index in [4.69, 9.17) is 11.6 Å². The summed E-state index contributed by atoms with van der Waals surface area (Å²) in [4.78, 5) is 0. The molecule has 0 aromatic carbocycles. The molecule has 0 bridgehead atoms. The van der Waals surface area contributed by atoms with Gasteiger partial charge < -0.3 is 0 Å². The maximum atomic E-state index is 6.40. The molecule has 0 aromatic rings. The van der Waals surface area contributed by atoms with Crippen molar-refractivity contribution in [3.8, 4) is 0 Å². The summed E-state index contributed by atoms with van der Waals surface area (Å²) < 4.78 is 0. The van der Waals surface area contributed by atoms with Crippen molar-refractivity contribution >= 4 is 20.4 Å². The van der Waals surface area contributed by atoms with Gasteiger partial charge in [-0.3, -0.25) is 0 Å². The summed E-state index contributed by atoms with van der Waals surface area (Å²) in [5.41, 5.74) is 0. The van der Waals surface area contributed by atoms with Gasteiger partial charge in [0.1, 0.15) is 0 Å². The second-order valence-corrected chi connectivity index (χ2v) is 8.52. The predicted molar refractivity (Wildman–Crippen MR) is 59.8 cm³/mol. The standard InChI is InChI=1S/C10H21ClSi/c1-2-3-7-10(11)12-8-5-4-6-9-12/h10,12H,2-9H2,1H3. The van der Waals surface area contributed by atoms with E-state index in [0.29, 0.717) is 5.00 Å². The lowest BCUT2D eigenvalue weighted by Gasteiger charge is -2.24. The van der Waals surface area contributed by atoms with E-state index >= 15 is 0 Å². The minimum Gasteiger partial charge on any atom is -0.127 e. The Hall–Kier alpha value is 0.507. The largest absolute Gasteiger partial charge is 0.127 e. The Morgan fingerprint density at radius 2 is 1.92 bits per heavy atom. The predicted octanol–water partition coefficient (Wildman–Crippen LogP) is 3.73. The molecule has 12 heavy (non-hydrogen) atoms. The van der Waals surface area contributed by atoms with Gasteiger partial charge in [-0.2, -0.15) is 0 Å². The highest BCUT2D eigenvalue weighted by molar-refractivity contribution is 6.69. The minimum atomic E-state index is -0.486. The summed E-state index contributed by atoms with van der Waals surface area (Å²) in [5.74, 6) is 0. The molecule has 1 rings (SSSR count). The van der Waals surface area contributed by atoms with Crippen molar-refractivity contribution in [3.63, 3.8) is 0 Å². The van der Waals surface area contributed by atoms with Gasteiger partial charge in [-0.15, -0.1) is 11.6 Å². The summed E-state index contributed by atoms with van der Waals surface area (Å²) >= 11 is 6.40. The van der Waals surface area contributed by atoms with Crippen LogP contribution in [0.15, 0.2) is 0 Å². The zero-order valence-corrected chi connectivity index (χ0v) is 10.1. The Morgan fingerprint density at radius 1 is 1.25 bits per heavy atom. The Morgan fingerprint density at radius 3 is 2.50 bits per heavy atom. The summed E-state index contributed by atoms with van der Waals surface area (Å²) in [5, 5.41) is 0.616. The molecular formula is C10H21ClSi. The van der Waals surface area contributed by atoms with Crippen LogP contribution in [0.3, 0.4) is 0 Å². The maximum Gasteiger partial charge on any atom is 0.0580 e. The first-order valence-corrected chi connectivity index (χ1v) is 8.22. The fraction of sp³-hybridized carbons (Fsp3) is 1.00. The molecule has 1 unspecified atom stereocenters. The number of alkyl halides is 1. The molecule has 0 amide bonds. The zero-order chi connectivity index (χ0) is 8.81. The Balaban J connectivity index is 2.15. The second kappa shape index (κ2) is 6.04. The van der Waals surface area contributed by atoms with Crippen LogP contribution in [0.2, 0.25) is 12.1 Å². The first-order valence-electron chi connectivity index (χ1n) is 5.48. The van der Waals surface area contributed by atoms with Crippen LogP contribution in [0.5, 0.6) is 0 Å². The third kappa shape index (κ3) is 3.49. The van der Waals surface area contributed by atoms with Crippen molar-refractivity contribution in [2.24, 2.45) is 0 Å². The highest BCUT2D eigenvalue weighted by atomic mass is 35.5. The van der Waals surface area contributed by atoms with Crippen LogP contribution < -0.4 is 0 Å². The monoisotopic (exact) mass is 204 g/mol. The van der Waals surface area contributed by atoms with Gasteiger partial charge in [-0.25, -0.2) is 0 Å². The molecule has 1 saturated heterocycles. The van der Waals surface area contributed by atoms with Gasteiger partial charge in [0.05, 0.1) is 8.80 Å². The molecule has 0 nitrogen and oxygen atoms in total. The molecular weight excluding hydrogens is 184 g/mol. The molecule has 72 valence electrons. The Labute approximate surface area is 83.3 Å². The van der Waals surface area contributed by atoms with Crippen LogP contribution in [0, 0.1) is 0 Å². The van der Waals surface area contributed by atoms with Crippen LogP contribution in [0.25, 0.3) is 0 Å². The van der Waals surface area contributed by atoms with Gasteiger partial charge in [0.25, 0.3) is 0 Å². The lowest BCUT2D eigenvalue weighted by atomic mass is 10.3. The van der Waals surface area contributed by atoms with Crippen LogP contribution in [0.4, 0.5) is 0 Å². The van der Waals surface area contributed by atoms with Crippen LogP contribution >= 0.6 is 11.6 Å². The zero-order valence-electron chi connectivity index (χ0n) is 8.19. The number of rotatable bonds is 4. The van der Waals surface area contributed by atoms with Crippen molar-refractivity contribution in [2.75, 3.05) is 0 Å². The average molecular weight is 205 g/mol. The van der Waals surface area contributed by atoms with E-state index in [0.717, 1.165) is 0 Å². The highest BCUT2D eigenvalue weighted by Gasteiger charge is 2.22. The molecule has 0 aromatic heterocycles. The molecule has 2 heteroatoms. The third-order valence-electron chi connectivity index (χ3n) is 2.99. The molecule has 1 atom stereocenters. The lowest BCUT2D eigenvalue weighted by molar-refractivity contribution is 0.695.